The molecule has 2 heterocycles. The first kappa shape index (κ1) is 14.5. The van der Waals surface area contributed by atoms with Crippen LogP contribution in [0, 0.1) is 6.92 Å². The summed E-state index contributed by atoms with van der Waals surface area (Å²) >= 11 is 5.98. The zero-order valence-electron chi connectivity index (χ0n) is 12.4. The molecule has 0 bridgehead atoms. The topological polar surface area (TPSA) is 34.0 Å². The van der Waals surface area contributed by atoms with Crippen molar-refractivity contribution < 1.29 is 0 Å². The second kappa shape index (κ2) is 6.58. The first-order valence-corrected chi connectivity index (χ1v) is 7.92. The number of piperidine rings is 1. The largest absolute Gasteiger partial charge is 0.317 e. The van der Waals surface area contributed by atoms with Gasteiger partial charge in [0.05, 0.1) is 0 Å². The van der Waals surface area contributed by atoms with Crippen LogP contribution in [0.2, 0.25) is 5.02 Å². The molecular formula is C16H21ClN4. The molecule has 0 saturated carbocycles. The summed E-state index contributed by atoms with van der Waals surface area (Å²) in [6.07, 6.45) is 4.34. The molecule has 1 unspecified atom stereocenters. The highest BCUT2D eigenvalue weighted by molar-refractivity contribution is 6.30. The minimum absolute atomic E-state index is 0.623. The minimum Gasteiger partial charge on any atom is -0.317 e. The first-order chi connectivity index (χ1) is 10.2. The van der Waals surface area contributed by atoms with Crippen molar-refractivity contribution in [1.82, 2.24) is 19.7 Å². The van der Waals surface area contributed by atoms with Gasteiger partial charge < -0.3 is 9.47 Å². The molecule has 0 amide bonds. The lowest BCUT2D eigenvalue weighted by molar-refractivity contribution is 0.200. The number of benzene rings is 1. The number of rotatable bonds is 4. The SMILES string of the molecule is Cc1nncn1CCN1CCCC(c2ccc(Cl)cc2)C1. The third kappa shape index (κ3) is 3.63. The number of likely N-dealkylation sites (tertiary alicyclic amines) is 1. The predicted octanol–water partition coefficient (Wildman–Crippen LogP) is 3.12. The van der Waals surface area contributed by atoms with Crippen LogP contribution in [0.15, 0.2) is 30.6 Å². The highest BCUT2D eigenvalue weighted by Gasteiger charge is 2.21. The monoisotopic (exact) mass is 304 g/mol. The highest BCUT2D eigenvalue weighted by Crippen LogP contribution is 2.27. The molecule has 0 spiro atoms. The van der Waals surface area contributed by atoms with Crippen molar-refractivity contribution in [3.8, 4) is 0 Å². The van der Waals surface area contributed by atoms with Crippen molar-refractivity contribution in [3.05, 3.63) is 47.0 Å². The number of halogens is 1. The van der Waals surface area contributed by atoms with Crippen molar-refractivity contribution in [1.29, 1.82) is 0 Å². The summed E-state index contributed by atoms with van der Waals surface area (Å²) in [4.78, 5) is 2.54. The number of aryl methyl sites for hydroxylation is 1. The van der Waals surface area contributed by atoms with E-state index in [2.05, 4.69) is 31.8 Å². The lowest BCUT2D eigenvalue weighted by atomic mass is 9.91. The molecule has 21 heavy (non-hydrogen) atoms. The number of hydrogen-bond donors (Lipinski definition) is 0. The molecule has 3 rings (SSSR count). The fourth-order valence-corrected chi connectivity index (χ4v) is 3.17. The van der Waals surface area contributed by atoms with Gasteiger partial charge in [0.2, 0.25) is 0 Å². The van der Waals surface area contributed by atoms with Crippen molar-refractivity contribution in [2.45, 2.75) is 32.2 Å². The lowest BCUT2D eigenvalue weighted by Crippen LogP contribution is -2.36. The molecule has 112 valence electrons. The van der Waals surface area contributed by atoms with Crippen molar-refractivity contribution in [2.24, 2.45) is 0 Å². The van der Waals surface area contributed by atoms with E-state index in [1.165, 1.54) is 24.9 Å². The second-order valence-electron chi connectivity index (χ2n) is 5.76. The average molecular weight is 305 g/mol. The Balaban J connectivity index is 1.58. The molecule has 1 aliphatic rings. The molecule has 4 nitrogen and oxygen atoms in total. The molecule has 5 heteroatoms. The Morgan fingerprint density at radius 2 is 2.05 bits per heavy atom. The van der Waals surface area contributed by atoms with E-state index < -0.39 is 0 Å². The van der Waals surface area contributed by atoms with Crippen LogP contribution in [0.4, 0.5) is 0 Å². The van der Waals surface area contributed by atoms with E-state index in [1.807, 2.05) is 25.4 Å². The molecule has 1 aliphatic heterocycles. The normalized spacial score (nSPS) is 19.8. The summed E-state index contributed by atoms with van der Waals surface area (Å²) in [6.45, 7) is 6.34. The highest BCUT2D eigenvalue weighted by atomic mass is 35.5. The van der Waals surface area contributed by atoms with Crippen LogP contribution >= 0.6 is 11.6 Å². The number of nitrogens with zero attached hydrogens (tertiary/aromatic N) is 4. The maximum Gasteiger partial charge on any atom is 0.129 e. The Kier molecular flexibility index (Phi) is 4.56. The minimum atomic E-state index is 0.623. The predicted molar refractivity (Wildman–Crippen MR) is 84.6 cm³/mol. The summed E-state index contributed by atoms with van der Waals surface area (Å²) in [6, 6.07) is 8.33. The van der Waals surface area contributed by atoms with E-state index >= 15 is 0 Å². The first-order valence-electron chi connectivity index (χ1n) is 7.54. The maximum absolute atomic E-state index is 5.98. The van der Waals surface area contributed by atoms with Gasteiger partial charge in [-0.15, -0.1) is 10.2 Å². The summed E-state index contributed by atoms with van der Waals surface area (Å²) in [7, 11) is 0. The van der Waals surface area contributed by atoms with E-state index in [1.54, 1.807) is 0 Å². The van der Waals surface area contributed by atoms with Gasteiger partial charge in [0, 0.05) is 24.7 Å². The van der Waals surface area contributed by atoms with E-state index in [4.69, 9.17) is 11.6 Å². The van der Waals surface area contributed by atoms with E-state index in [-0.39, 0.29) is 0 Å². The molecule has 1 aromatic heterocycles. The molecule has 1 aromatic carbocycles. The maximum atomic E-state index is 5.98. The summed E-state index contributed by atoms with van der Waals surface area (Å²) in [5, 5.41) is 8.79. The Bertz CT molecular complexity index is 578. The van der Waals surface area contributed by atoms with Crippen LogP contribution in [0.5, 0.6) is 0 Å². The zero-order chi connectivity index (χ0) is 14.7. The standard InChI is InChI=1S/C16H21ClN4/c1-13-19-18-12-21(13)10-9-20-8-2-3-15(11-20)14-4-6-16(17)7-5-14/h4-7,12,15H,2-3,8-11H2,1H3. The van der Waals surface area contributed by atoms with E-state index in [0.29, 0.717) is 5.92 Å². The third-order valence-electron chi connectivity index (χ3n) is 4.31. The van der Waals surface area contributed by atoms with Crippen LogP contribution < -0.4 is 0 Å². The summed E-state index contributed by atoms with van der Waals surface area (Å²) < 4.78 is 2.12. The van der Waals surface area contributed by atoms with Crippen LogP contribution in [0.1, 0.15) is 30.1 Å². The van der Waals surface area contributed by atoms with Crippen LogP contribution in [0.3, 0.4) is 0 Å². The molecular weight excluding hydrogens is 284 g/mol. The molecule has 0 aliphatic carbocycles. The second-order valence-corrected chi connectivity index (χ2v) is 6.20. The van der Waals surface area contributed by atoms with Crippen LogP contribution in [0.25, 0.3) is 0 Å². The molecule has 2 aromatic rings. The van der Waals surface area contributed by atoms with E-state index in [0.717, 1.165) is 30.5 Å². The molecule has 1 atom stereocenters. The van der Waals surface area contributed by atoms with Gasteiger partial charge in [0.25, 0.3) is 0 Å². The molecule has 1 fully saturated rings. The molecule has 0 radical (unpaired) electrons. The Morgan fingerprint density at radius 3 is 2.76 bits per heavy atom. The van der Waals surface area contributed by atoms with Gasteiger partial charge in [-0.2, -0.15) is 0 Å². The van der Waals surface area contributed by atoms with Gasteiger partial charge >= 0.3 is 0 Å². The van der Waals surface area contributed by atoms with Gasteiger partial charge in [-0.1, -0.05) is 23.7 Å². The van der Waals surface area contributed by atoms with Gasteiger partial charge in [-0.25, -0.2) is 0 Å². The Hall–Kier alpha value is -1.39. The lowest BCUT2D eigenvalue weighted by Gasteiger charge is -2.33. The third-order valence-corrected chi connectivity index (χ3v) is 4.57. The van der Waals surface area contributed by atoms with Crippen molar-refractivity contribution >= 4 is 11.6 Å². The molecule has 0 N–H and O–H groups in total. The van der Waals surface area contributed by atoms with Crippen molar-refractivity contribution in [3.63, 3.8) is 0 Å². The smallest absolute Gasteiger partial charge is 0.129 e. The van der Waals surface area contributed by atoms with Gasteiger partial charge in [0.1, 0.15) is 12.2 Å². The molecule has 1 saturated heterocycles. The Labute approximate surface area is 130 Å². The zero-order valence-corrected chi connectivity index (χ0v) is 13.1. The summed E-state index contributed by atoms with van der Waals surface area (Å²) in [5.41, 5.74) is 1.41. The van der Waals surface area contributed by atoms with Crippen LogP contribution in [-0.4, -0.2) is 39.3 Å². The van der Waals surface area contributed by atoms with E-state index in [9.17, 15) is 0 Å². The van der Waals surface area contributed by atoms with Gasteiger partial charge in [0.15, 0.2) is 0 Å². The van der Waals surface area contributed by atoms with Crippen LogP contribution in [-0.2, 0) is 6.54 Å². The average Bonchev–Trinajstić information content (AvgIpc) is 2.91. The van der Waals surface area contributed by atoms with Gasteiger partial charge in [-0.05, 0) is 49.9 Å². The summed E-state index contributed by atoms with van der Waals surface area (Å²) in [5.74, 6) is 1.61. The fraction of sp³-hybridized carbons (Fsp3) is 0.500. The Morgan fingerprint density at radius 1 is 1.24 bits per heavy atom. The number of aromatic nitrogens is 3. The quantitative estimate of drug-likeness (QED) is 0.870. The van der Waals surface area contributed by atoms with Crippen molar-refractivity contribution in [2.75, 3.05) is 19.6 Å². The fourth-order valence-electron chi connectivity index (χ4n) is 3.05. The number of hydrogen-bond acceptors (Lipinski definition) is 3. The van der Waals surface area contributed by atoms with Gasteiger partial charge in [-0.3, -0.25) is 0 Å².